The van der Waals surface area contributed by atoms with Crippen molar-refractivity contribution in [2.24, 2.45) is 59.6 Å². The zero-order valence-electron chi connectivity index (χ0n) is 64.5. The number of rotatable bonds is 6. The molecule has 0 aromatic carbocycles. The van der Waals surface area contributed by atoms with Gasteiger partial charge in [-0.2, -0.15) is 57.1 Å². The van der Waals surface area contributed by atoms with Crippen molar-refractivity contribution >= 4 is 0 Å². The van der Waals surface area contributed by atoms with Crippen molar-refractivity contribution in [3.63, 3.8) is 0 Å². The molecule has 0 amide bonds. The van der Waals surface area contributed by atoms with E-state index >= 15 is 0 Å². The van der Waals surface area contributed by atoms with Crippen LogP contribution in [0.1, 0.15) is 269 Å². The van der Waals surface area contributed by atoms with Gasteiger partial charge in [0.1, 0.15) is 19.0 Å². The van der Waals surface area contributed by atoms with E-state index in [0.29, 0.717) is 6.42 Å². The first kappa shape index (κ1) is 119. The van der Waals surface area contributed by atoms with Crippen molar-refractivity contribution in [3.8, 4) is 0 Å². The largest absolute Gasteiger partial charge is 0.453 e. The molecule has 0 fully saturated rings. The first-order chi connectivity index (χ1) is 40.7. The summed E-state index contributed by atoms with van der Waals surface area (Å²) in [7, 11) is 0. The molecule has 0 rings (SSSR count). The number of hydrogen-bond acceptors (Lipinski definition) is 0. The predicted octanol–water partition coefficient (Wildman–Crippen LogP) is 30.2. The van der Waals surface area contributed by atoms with Crippen molar-refractivity contribution in [1.29, 1.82) is 0 Å². The van der Waals surface area contributed by atoms with Gasteiger partial charge in [-0.15, -0.1) is 0 Å². The molecule has 30 heteroatoms. The van der Waals surface area contributed by atoms with Gasteiger partial charge in [-0.05, 0) is 54.3 Å². The summed E-state index contributed by atoms with van der Waals surface area (Å²) in [6.07, 6.45) is -27.6. The average molecular weight is 1500 g/mol. The highest BCUT2D eigenvalue weighted by Gasteiger charge is 2.64. The highest BCUT2D eigenvalue weighted by atomic mass is 19.4. The summed E-state index contributed by atoms with van der Waals surface area (Å²) in [5.74, 6) is -14.3. The molecule has 0 aromatic rings. The fourth-order valence-electron chi connectivity index (χ4n) is 3.35. The summed E-state index contributed by atoms with van der Waals surface area (Å²) in [6.45, 7) is 50.0. The highest BCUT2D eigenvalue weighted by molar-refractivity contribution is 4.90. The third-order valence-electron chi connectivity index (χ3n) is 12.7. The zero-order valence-corrected chi connectivity index (χ0v) is 64.5. The fourth-order valence-corrected chi connectivity index (χ4v) is 3.35. The standard InChI is InChI=1S/C7H13F3.C6H9F5.2C6H10F4.2C6H11F3.3C6H12F2.2C6H13F/c1-6(2,3)7(4,10)5(8)9;1-4(2,3)5(7,8)6(9,10)11;1-5(2,3)6(9,10)4(7)8;1-5(2,3)4(7)6(8,9)10;1-5(2,3)6(8,9)4-7;1-5(2,3)4-6(7,8)9;1-6(2,3)5(8)4-7;1-6(2,3)4-5(7)8;1-5(2,3)6(4,7)8;1-6(2,3)4-5-7;1-5(7)6(2,3)4/h5H,1-4H3;1-3H3;2*4H,1-3H3;2*4H2,1-3H3;2*5H,4H2,1-3H3;1-4H3;4-5H2,1-3H3;5H,1-4H3. The van der Waals surface area contributed by atoms with Gasteiger partial charge in [0.15, 0.2) is 18.5 Å². The van der Waals surface area contributed by atoms with Crippen LogP contribution in [0.2, 0.25) is 0 Å². The molecule has 4 unspecified atom stereocenters. The van der Waals surface area contributed by atoms with Crippen LogP contribution in [0, 0.1) is 59.6 Å². The van der Waals surface area contributed by atoms with Gasteiger partial charge in [0.05, 0.1) is 6.67 Å². The average Bonchev–Trinajstić information content (AvgIpc) is 0.813. The van der Waals surface area contributed by atoms with Crippen LogP contribution >= 0.6 is 0 Å². The third-order valence-corrected chi connectivity index (χ3v) is 12.7. The topological polar surface area (TPSA) is 0 Å². The lowest BCUT2D eigenvalue weighted by atomic mass is 9.80. The van der Waals surface area contributed by atoms with Gasteiger partial charge in [0.25, 0.3) is 12.3 Å². The normalized spacial score (nSPS) is 15.2. The van der Waals surface area contributed by atoms with Crippen LogP contribution in [0.25, 0.3) is 0 Å². The number of hydrogen-bond donors (Lipinski definition) is 0. The second-order valence-electron chi connectivity index (χ2n) is 35.1. The van der Waals surface area contributed by atoms with E-state index in [1.54, 1.807) is 69.2 Å². The van der Waals surface area contributed by atoms with Crippen LogP contribution in [0.5, 0.6) is 0 Å². The molecule has 0 saturated carbocycles. The van der Waals surface area contributed by atoms with E-state index in [1.807, 2.05) is 41.5 Å². The fraction of sp³-hybridized carbons (Fsp3) is 1.00. The molecule has 0 saturated heterocycles. The Morgan fingerprint density at radius 2 is 0.629 bits per heavy atom. The summed E-state index contributed by atoms with van der Waals surface area (Å²) in [5, 5.41) is 0. The summed E-state index contributed by atoms with van der Waals surface area (Å²) in [5.41, 5.74) is -12.0. The highest BCUT2D eigenvalue weighted by Crippen LogP contribution is 2.48. The molecular formula is C67H126F30. The predicted molar refractivity (Wildman–Crippen MR) is 337 cm³/mol. The third kappa shape index (κ3) is 68.1. The molecule has 0 N–H and O–H groups in total. The molecule has 0 aliphatic rings. The molecule has 4 atom stereocenters. The van der Waals surface area contributed by atoms with E-state index in [2.05, 4.69) is 0 Å². The first-order valence-corrected chi connectivity index (χ1v) is 30.6. The van der Waals surface area contributed by atoms with Crippen LogP contribution in [0.15, 0.2) is 0 Å². The molecule has 604 valence electrons. The summed E-state index contributed by atoms with van der Waals surface area (Å²) < 4.78 is 357. The van der Waals surface area contributed by atoms with Gasteiger partial charge in [-0.25, -0.2) is 70.2 Å². The van der Waals surface area contributed by atoms with Crippen molar-refractivity contribution in [2.75, 3.05) is 20.0 Å². The maximum Gasteiger partial charge on any atom is 0.453 e. The number of alkyl halides is 30. The van der Waals surface area contributed by atoms with Crippen LogP contribution in [0.4, 0.5) is 132 Å². The zero-order chi connectivity index (χ0) is 83.2. The Morgan fingerprint density at radius 1 is 0.330 bits per heavy atom. The molecule has 0 heterocycles. The van der Waals surface area contributed by atoms with Crippen molar-refractivity contribution in [2.45, 2.75) is 354 Å². The molecule has 0 aliphatic carbocycles. The Kier molecular flexibility index (Phi) is 53.8. The van der Waals surface area contributed by atoms with Crippen LogP contribution < -0.4 is 0 Å². The van der Waals surface area contributed by atoms with E-state index in [-0.39, 0.29) is 29.3 Å². The molecule has 0 nitrogen and oxygen atoms in total. The Labute approximate surface area is 564 Å². The van der Waals surface area contributed by atoms with Crippen molar-refractivity contribution in [3.05, 3.63) is 0 Å². The molecule has 0 radical (unpaired) electrons. The van der Waals surface area contributed by atoms with Gasteiger partial charge in [0.2, 0.25) is 12.3 Å². The molecule has 0 spiro atoms. The molecular weight excluding hydrogens is 1370 g/mol. The van der Waals surface area contributed by atoms with Crippen molar-refractivity contribution < 1.29 is 132 Å². The van der Waals surface area contributed by atoms with E-state index in [9.17, 15) is 132 Å². The van der Waals surface area contributed by atoms with Gasteiger partial charge in [-0.3, -0.25) is 4.39 Å². The monoisotopic (exact) mass is 1500 g/mol. The summed E-state index contributed by atoms with van der Waals surface area (Å²) in [4.78, 5) is 0. The summed E-state index contributed by atoms with van der Waals surface area (Å²) in [6, 6.07) is 0. The Hall–Kier alpha value is -2.10. The molecule has 0 aromatic heterocycles. The van der Waals surface area contributed by atoms with E-state index < -0.39 is 149 Å². The smallest absolute Gasteiger partial charge is 0.251 e. The van der Waals surface area contributed by atoms with Crippen LogP contribution in [-0.2, 0) is 0 Å². The Balaban J connectivity index is -0.0000000934. The Morgan fingerprint density at radius 3 is 0.629 bits per heavy atom. The van der Waals surface area contributed by atoms with Crippen molar-refractivity contribution in [1.82, 2.24) is 0 Å². The van der Waals surface area contributed by atoms with E-state index in [0.717, 1.165) is 55.4 Å². The van der Waals surface area contributed by atoms with Gasteiger partial charge in [0, 0.05) is 45.3 Å². The Bertz CT molecular complexity index is 1800. The van der Waals surface area contributed by atoms with Gasteiger partial charge >= 0.3 is 36.8 Å². The summed E-state index contributed by atoms with van der Waals surface area (Å²) >= 11 is 0. The minimum absolute atomic E-state index is 0.00694. The van der Waals surface area contributed by atoms with Crippen LogP contribution in [0.3, 0.4) is 0 Å². The lowest BCUT2D eigenvalue weighted by molar-refractivity contribution is -0.317. The van der Waals surface area contributed by atoms with Gasteiger partial charge in [-0.1, -0.05) is 228 Å². The lowest BCUT2D eigenvalue weighted by Crippen LogP contribution is -2.47. The van der Waals surface area contributed by atoms with E-state index in [1.165, 1.54) is 83.1 Å². The van der Waals surface area contributed by atoms with Gasteiger partial charge < -0.3 is 0 Å². The van der Waals surface area contributed by atoms with Crippen LogP contribution in [-0.4, -0.2) is 106 Å². The minimum Gasteiger partial charge on any atom is -0.251 e. The SMILES string of the molecule is CC(C)(C)C(C)(F)C(F)F.CC(C)(C)C(C)(F)F.CC(C)(C)C(F)(F)C(F)(F)F.CC(C)(C)C(F)(F)C(F)F.CC(C)(C)C(F)(F)CF.CC(C)(C)C(F)C(F)(F)F.CC(C)(C)C(F)CF.CC(C)(C)CC(F)(F)F.CC(C)(C)CC(F)F.CC(C)(C)CCF.CC(F)C(C)(C)C. The second kappa shape index (κ2) is 43.9. The number of halogens is 30. The molecule has 0 aliphatic heterocycles. The molecule has 97 heavy (non-hydrogen) atoms. The molecule has 0 bridgehead atoms. The minimum atomic E-state index is -5.45. The second-order valence-corrected chi connectivity index (χ2v) is 35.1. The maximum atomic E-state index is 13.0. The maximum absolute atomic E-state index is 13.0. The quantitative estimate of drug-likeness (QED) is 0.233. The lowest BCUT2D eigenvalue weighted by Gasteiger charge is -2.33. The first-order valence-electron chi connectivity index (χ1n) is 30.6. The van der Waals surface area contributed by atoms with E-state index in [4.69, 9.17) is 0 Å².